The molecule has 7 heteroatoms. The molecule has 0 spiro atoms. The Labute approximate surface area is 78.8 Å². The van der Waals surface area contributed by atoms with E-state index >= 15 is 0 Å². The fourth-order valence-electron chi connectivity index (χ4n) is 0.751. The summed E-state index contributed by atoms with van der Waals surface area (Å²) in [6.07, 6.45) is 0.939. The molecule has 1 heterocycles. The Morgan fingerprint density at radius 2 is 2.21 bits per heavy atom. The van der Waals surface area contributed by atoms with Crippen LogP contribution in [0.3, 0.4) is 0 Å². The quantitative estimate of drug-likeness (QED) is 0.418. The Morgan fingerprint density at radius 1 is 1.50 bits per heavy atom. The topological polar surface area (TPSA) is 34.5 Å². The van der Waals surface area contributed by atoms with E-state index in [1.165, 1.54) is 13.0 Å². The van der Waals surface area contributed by atoms with Gasteiger partial charge in [-0.25, -0.2) is 18.0 Å². The number of pyridine rings is 1. The van der Waals surface area contributed by atoms with Crippen molar-refractivity contribution in [1.82, 2.24) is 4.98 Å². The number of halogens is 3. The Hall–Kier alpha value is -1.53. The van der Waals surface area contributed by atoms with Crippen LogP contribution in [0.4, 0.5) is 18.8 Å². The van der Waals surface area contributed by atoms with Crippen LogP contribution >= 0.6 is 0 Å². The molecule has 1 aromatic rings. The summed E-state index contributed by atoms with van der Waals surface area (Å²) >= 11 is 0. The second kappa shape index (κ2) is 4.64. The fourth-order valence-corrected chi connectivity index (χ4v) is 0.751. The Balaban J connectivity index is 2.71. The maximum absolute atomic E-state index is 12.4. The van der Waals surface area contributed by atoms with Crippen molar-refractivity contribution < 1.29 is 17.7 Å². The monoisotopic (exact) mass is 202 g/mol. The number of hydrogen-bond donors (Lipinski definition) is 0. The van der Waals surface area contributed by atoms with E-state index in [0.717, 1.165) is 12.3 Å². The Kier molecular flexibility index (Phi) is 3.50. The van der Waals surface area contributed by atoms with Crippen LogP contribution < -0.4 is 0 Å². The summed E-state index contributed by atoms with van der Waals surface area (Å²) in [5.74, 6) is -0.625. The largest absolute Gasteiger partial charge is 0.797 e. The minimum absolute atomic E-state index is 0.115. The zero-order valence-corrected chi connectivity index (χ0v) is 7.25. The van der Waals surface area contributed by atoms with Gasteiger partial charge in [-0.3, -0.25) is 0 Å². The highest BCUT2D eigenvalue weighted by atomic mass is 19.2. The van der Waals surface area contributed by atoms with E-state index in [9.17, 15) is 13.0 Å². The van der Waals surface area contributed by atoms with Crippen LogP contribution in [-0.4, -0.2) is 18.4 Å². The van der Waals surface area contributed by atoms with Gasteiger partial charge in [-0.15, -0.1) is 0 Å². The molecule has 0 bridgehead atoms. The third-order valence-electron chi connectivity index (χ3n) is 1.24. The maximum Gasteiger partial charge on any atom is 0.797 e. The summed E-state index contributed by atoms with van der Waals surface area (Å²) in [4.78, 5) is 7.12. The molecule has 0 atom stereocenters. The lowest BCUT2D eigenvalue weighted by atomic mass is 10.4. The predicted octanol–water partition coefficient (Wildman–Crippen LogP) is 2.21. The first kappa shape index (κ1) is 10.6. The zero-order valence-electron chi connectivity index (χ0n) is 7.25. The molecule has 0 aliphatic heterocycles. The normalized spacial score (nSPS) is 11.3. The van der Waals surface area contributed by atoms with Crippen molar-refractivity contribution in [2.24, 2.45) is 4.99 Å². The van der Waals surface area contributed by atoms with Gasteiger partial charge >= 0.3 is 7.47 Å². The summed E-state index contributed by atoms with van der Waals surface area (Å²) in [5, 5.41) is 0. The average molecular weight is 202 g/mol. The molecule has 1 aromatic heterocycles. The summed E-state index contributed by atoms with van der Waals surface area (Å²) in [6, 6.07) is 2.38. The van der Waals surface area contributed by atoms with Gasteiger partial charge in [-0.2, -0.15) is 4.99 Å². The maximum atomic E-state index is 12.4. The van der Waals surface area contributed by atoms with Crippen molar-refractivity contribution in [2.45, 2.75) is 6.92 Å². The van der Waals surface area contributed by atoms with Crippen LogP contribution in [0.25, 0.3) is 0 Å². The van der Waals surface area contributed by atoms with E-state index in [1.54, 1.807) is 0 Å². The first-order chi connectivity index (χ1) is 6.58. The molecule has 3 nitrogen and oxygen atoms in total. The zero-order chi connectivity index (χ0) is 10.6. The molecule has 0 amide bonds. The van der Waals surface area contributed by atoms with Crippen LogP contribution in [0.2, 0.25) is 0 Å². The molecule has 0 unspecified atom stereocenters. The molecule has 0 saturated heterocycles. The van der Waals surface area contributed by atoms with Gasteiger partial charge in [0.05, 0.1) is 6.20 Å². The minimum Gasteiger partial charge on any atom is -0.494 e. The first-order valence-corrected chi connectivity index (χ1v) is 3.69. The molecule has 0 aliphatic rings. The van der Waals surface area contributed by atoms with Crippen LogP contribution in [0, 0.1) is 5.82 Å². The van der Waals surface area contributed by atoms with Crippen molar-refractivity contribution >= 4 is 19.2 Å². The van der Waals surface area contributed by atoms with E-state index in [-0.39, 0.29) is 11.7 Å². The number of rotatable bonds is 2. The Bertz CT molecular complexity index is 328. The van der Waals surface area contributed by atoms with Gasteiger partial charge < -0.3 is 4.65 Å². The molecule has 14 heavy (non-hydrogen) atoms. The van der Waals surface area contributed by atoms with Gasteiger partial charge in [0.1, 0.15) is 5.82 Å². The highest BCUT2D eigenvalue weighted by Crippen LogP contribution is 2.08. The summed E-state index contributed by atoms with van der Waals surface area (Å²) < 4.78 is 39.7. The highest BCUT2D eigenvalue weighted by molar-refractivity contribution is 6.37. The van der Waals surface area contributed by atoms with Crippen molar-refractivity contribution in [3.05, 3.63) is 24.1 Å². The lowest BCUT2D eigenvalue weighted by molar-refractivity contribution is 0.417. The van der Waals surface area contributed by atoms with Crippen LogP contribution in [0.15, 0.2) is 23.3 Å². The van der Waals surface area contributed by atoms with Gasteiger partial charge in [0.25, 0.3) is 0 Å². The van der Waals surface area contributed by atoms with Crippen molar-refractivity contribution in [2.75, 3.05) is 0 Å². The lowest BCUT2D eigenvalue weighted by Crippen LogP contribution is -2.09. The first-order valence-electron chi connectivity index (χ1n) is 3.69. The second-order valence-electron chi connectivity index (χ2n) is 2.34. The predicted molar refractivity (Wildman–Crippen MR) is 46.0 cm³/mol. The van der Waals surface area contributed by atoms with E-state index in [2.05, 4.69) is 14.6 Å². The minimum atomic E-state index is -2.92. The average Bonchev–Trinajstić information content (AvgIpc) is 2.07. The van der Waals surface area contributed by atoms with E-state index < -0.39 is 13.3 Å². The smallest absolute Gasteiger partial charge is 0.494 e. The standard InChI is InChI=1S/C7H6BF3N2O/c1-5(14-8(10)11)13-7-3-2-6(9)4-12-7/h2-4H,1H3. The number of aliphatic imine (C=N–C) groups is 1. The van der Waals surface area contributed by atoms with Crippen molar-refractivity contribution in [3.63, 3.8) is 0 Å². The molecular formula is C7H6BF3N2O. The molecule has 0 aliphatic carbocycles. The van der Waals surface area contributed by atoms with Crippen LogP contribution in [0.5, 0.6) is 0 Å². The summed E-state index contributed by atoms with van der Waals surface area (Å²) in [6.45, 7) is 1.26. The number of aromatic nitrogens is 1. The molecule has 74 valence electrons. The summed E-state index contributed by atoms with van der Waals surface area (Å²) in [5.41, 5.74) is 0. The van der Waals surface area contributed by atoms with E-state index in [0.29, 0.717) is 0 Å². The molecule has 1 rings (SSSR count). The van der Waals surface area contributed by atoms with E-state index in [1.807, 2.05) is 0 Å². The van der Waals surface area contributed by atoms with Gasteiger partial charge in [-0.05, 0) is 12.1 Å². The molecule has 0 saturated carbocycles. The van der Waals surface area contributed by atoms with Crippen LogP contribution in [-0.2, 0) is 4.65 Å². The van der Waals surface area contributed by atoms with Gasteiger partial charge in [0.15, 0.2) is 11.7 Å². The van der Waals surface area contributed by atoms with Gasteiger partial charge in [0.2, 0.25) is 0 Å². The second-order valence-corrected chi connectivity index (χ2v) is 2.34. The molecule has 0 radical (unpaired) electrons. The van der Waals surface area contributed by atoms with Crippen molar-refractivity contribution in [3.8, 4) is 0 Å². The lowest BCUT2D eigenvalue weighted by Gasteiger charge is -1.99. The van der Waals surface area contributed by atoms with E-state index in [4.69, 9.17) is 0 Å². The SMILES string of the molecule is CC(=Nc1ccc(F)cn1)OB(F)F. The fraction of sp³-hybridized carbons (Fsp3) is 0.143. The van der Waals surface area contributed by atoms with Gasteiger partial charge in [0, 0.05) is 6.92 Å². The molecule has 0 aromatic carbocycles. The van der Waals surface area contributed by atoms with Gasteiger partial charge in [-0.1, -0.05) is 0 Å². The summed E-state index contributed by atoms with van der Waals surface area (Å²) in [7, 11) is -2.92. The third-order valence-corrected chi connectivity index (χ3v) is 1.24. The highest BCUT2D eigenvalue weighted by Gasteiger charge is 2.17. The van der Waals surface area contributed by atoms with Crippen molar-refractivity contribution in [1.29, 1.82) is 0 Å². The number of nitrogens with zero attached hydrogens (tertiary/aromatic N) is 2. The Morgan fingerprint density at radius 3 is 2.71 bits per heavy atom. The third kappa shape index (κ3) is 3.46. The molecule has 0 fully saturated rings. The van der Waals surface area contributed by atoms with Crippen LogP contribution in [0.1, 0.15) is 6.92 Å². The number of hydrogen-bond acceptors (Lipinski definition) is 3. The molecule has 0 N–H and O–H groups in total. The molecular weight excluding hydrogens is 196 g/mol.